The van der Waals surface area contributed by atoms with E-state index >= 15 is 0 Å². The van der Waals surface area contributed by atoms with Crippen LogP contribution in [0.25, 0.3) is 0 Å². The van der Waals surface area contributed by atoms with Gasteiger partial charge in [-0.2, -0.15) is 5.10 Å². The molecular formula is C12H24N4O. The van der Waals surface area contributed by atoms with Gasteiger partial charge in [-0.1, -0.05) is 0 Å². The summed E-state index contributed by atoms with van der Waals surface area (Å²) in [6, 6.07) is 0.342. The maximum Gasteiger partial charge on any atom is 0.141 e. The van der Waals surface area contributed by atoms with Gasteiger partial charge >= 0.3 is 0 Å². The Balaban J connectivity index is 2.43. The van der Waals surface area contributed by atoms with E-state index in [9.17, 15) is 0 Å². The number of hydrogen-bond acceptors (Lipinski definition) is 4. The fourth-order valence-electron chi connectivity index (χ4n) is 1.75. The molecule has 1 aromatic rings. The number of nitrogens with one attached hydrogen (secondary N) is 1. The Morgan fingerprint density at radius 2 is 2.18 bits per heavy atom. The largest absolute Gasteiger partial charge is 0.375 e. The quantitative estimate of drug-likeness (QED) is 0.789. The summed E-state index contributed by atoms with van der Waals surface area (Å²) >= 11 is 0. The maximum absolute atomic E-state index is 5.62. The molecule has 5 heteroatoms. The molecule has 1 aromatic heterocycles. The van der Waals surface area contributed by atoms with E-state index in [1.807, 2.05) is 11.6 Å². The zero-order chi connectivity index (χ0) is 12.9. The Labute approximate surface area is 104 Å². The van der Waals surface area contributed by atoms with E-state index in [-0.39, 0.29) is 5.60 Å². The van der Waals surface area contributed by atoms with Crippen LogP contribution in [0.15, 0.2) is 6.33 Å². The van der Waals surface area contributed by atoms with Gasteiger partial charge in [-0.05, 0) is 34.6 Å². The Hall–Kier alpha value is -0.940. The Morgan fingerprint density at radius 3 is 2.76 bits per heavy atom. The average Bonchev–Trinajstić information content (AvgIpc) is 2.65. The van der Waals surface area contributed by atoms with Crippen molar-refractivity contribution in [1.29, 1.82) is 0 Å². The molecule has 0 saturated heterocycles. The first-order valence-corrected chi connectivity index (χ1v) is 6.19. The van der Waals surface area contributed by atoms with Crippen LogP contribution in [-0.2, 0) is 11.3 Å². The SMILES string of the molecule is CCOC(C)(C)CNCc1ncnn1C(C)C. The minimum absolute atomic E-state index is 0.141. The predicted octanol–water partition coefficient (Wildman–Crippen LogP) is 1.76. The van der Waals surface area contributed by atoms with Crippen LogP contribution in [0.3, 0.4) is 0 Å². The molecule has 0 amide bonds. The second-order valence-electron chi connectivity index (χ2n) is 5.01. The van der Waals surface area contributed by atoms with Gasteiger partial charge in [0.25, 0.3) is 0 Å². The molecule has 0 bridgehead atoms. The fourth-order valence-corrected chi connectivity index (χ4v) is 1.75. The molecule has 0 fully saturated rings. The third-order valence-corrected chi connectivity index (χ3v) is 2.51. The highest BCUT2D eigenvalue weighted by Gasteiger charge is 2.17. The lowest BCUT2D eigenvalue weighted by Gasteiger charge is -2.25. The number of rotatable bonds is 7. The van der Waals surface area contributed by atoms with E-state index < -0.39 is 0 Å². The van der Waals surface area contributed by atoms with Crippen LogP contribution < -0.4 is 5.32 Å². The molecule has 0 spiro atoms. The van der Waals surface area contributed by atoms with Crippen LogP contribution in [0.2, 0.25) is 0 Å². The zero-order valence-corrected chi connectivity index (χ0v) is 11.5. The van der Waals surface area contributed by atoms with E-state index in [1.165, 1.54) is 0 Å². The summed E-state index contributed by atoms with van der Waals surface area (Å²) in [4.78, 5) is 4.25. The molecule has 0 aliphatic rings. The van der Waals surface area contributed by atoms with E-state index in [0.29, 0.717) is 12.6 Å². The fraction of sp³-hybridized carbons (Fsp3) is 0.833. The molecule has 0 aliphatic heterocycles. The standard InChI is InChI=1S/C12H24N4O/c1-6-17-12(4,5)8-13-7-11-14-9-15-16(11)10(2)3/h9-10,13H,6-8H2,1-5H3. The average molecular weight is 240 g/mol. The van der Waals surface area contributed by atoms with E-state index in [0.717, 1.165) is 19.0 Å². The first kappa shape index (κ1) is 14.1. The monoisotopic (exact) mass is 240 g/mol. The van der Waals surface area contributed by atoms with Gasteiger partial charge < -0.3 is 10.1 Å². The van der Waals surface area contributed by atoms with Crippen LogP contribution in [0.1, 0.15) is 46.5 Å². The summed E-state index contributed by atoms with van der Waals surface area (Å²) in [5.74, 6) is 0.965. The van der Waals surface area contributed by atoms with Crippen LogP contribution in [0.5, 0.6) is 0 Å². The number of aromatic nitrogens is 3. The van der Waals surface area contributed by atoms with Crippen LogP contribution in [0.4, 0.5) is 0 Å². The van der Waals surface area contributed by atoms with Gasteiger partial charge in [0.05, 0.1) is 12.1 Å². The first-order valence-electron chi connectivity index (χ1n) is 6.19. The molecule has 1 N–H and O–H groups in total. The van der Waals surface area contributed by atoms with Crippen molar-refractivity contribution in [3.05, 3.63) is 12.2 Å². The van der Waals surface area contributed by atoms with Crippen molar-refractivity contribution in [2.75, 3.05) is 13.2 Å². The lowest BCUT2D eigenvalue weighted by molar-refractivity contribution is -0.00912. The summed E-state index contributed by atoms with van der Waals surface area (Å²) in [7, 11) is 0. The van der Waals surface area contributed by atoms with E-state index in [2.05, 4.69) is 43.1 Å². The lowest BCUT2D eigenvalue weighted by atomic mass is 10.1. The van der Waals surface area contributed by atoms with Crippen molar-refractivity contribution >= 4 is 0 Å². The zero-order valence-electron chi connectivity index (χ0n) is 11.5. The van der Waals surface area contributed by atoms with Gasteiger partial charge in [0.1, 0.15) is 12.2 Å². The maximum atomic E-state index is 5.62. The smallest absolute Gasteiger partial charge is 0.141 e. The van der Waals surface area contributed by atoms with Gasteiger partial charge in [0, 0.05) is 19.2 Å². The molecular weight excluding hydrogens is 216 g/mol. The summed E-state index contributed by atoms with van der Waals surface area (Å²) in [5, 5.41) is 7.56. The molecule has 98 valence electrons. The molecule has 0 saturated carbocycles. The lowest BCUT2D eigenvalue weighted by Crippen LogP contribution is -2.37. The van der Waals surface area contributed by atoms with Crippen molar-refractivity contribution in [2.24, 2.45) is 0 Å². The van der Waals surface area contributed by atoms with Crippen LogP contribution in [0, 0.1) is 0 Å². The number of nitrogens with zero attached hydrogens (tertiary/aromatic N) is 3. The second-order valence-corrected chi connectivity index (χ2v) is 5.01. The van der Waals surface area contributed by atoms with E-state index in [4.69, 9.17) is 4.74 Å². The van der Waals surface area contributed by atoms with Gasteiger partial charge in [-0.25, -0.2) is 9.67 Å². The highest BCUT2D eigenvalue weighted by molar-refractivity contribution is 4.86. The molecule has 1 heterocycles. The van der Waals surface area contributed by atoms with Crippen molar-refractivity contribution < 1.29 is 4.74 Å². The Kier molecular flexibility index (Phi) is 5.08. The summed E-state index contributed by atoms with van der Waals surface area (Å²) in [6.45, 7) is 12.6. The Morgan fingerprint density at radius 1 is 1.47 bits per heavy atom. The van der Waals surface area contributed by atoms with Gasteiger partial charge in [-0.3, -0.25) is 0 Å². The minimum atomic E-state index is -0.141. The first-order chi connectivity index (χ1) is 7.96. The topological polar surface area (TPSA) is 52.0 Å². The molecule has 0 unspecified atom stereocenters. The van der Waals surface area contributed by atoms with Crippen LogP contribution in [-0.4, -0.2) is 33.5 Å². The highest BCUT2D eigenvalue weighted by Crippen LogP contribution is 2.08. The molecule has 17 heavy (non-hydrogen) atoms. The number of ether oxygens (including phenoxy) is 1. The van der Waals surface area contributed by atoms with Crippen LogP contribution >= 0.6 is 0 Å². The third-order valence-electron chi connectivity index (χ3n) is 2.51. The van der Waals surface area contributed by atoms with Crippen molar-refractivity contribution in [1.82, 2.24) is 20.1 Å². The summed E-state index contributed by atoms with van der Waals surface area (Å²) in [6.07, 6.45) is 1.60. The second kappa shape index (κ2) is 6.12. The molecule has 0 atom stereocenters. The van der Waals surface area contributed by atoms with Crippen molar-refractivity contribution in [2.45, 2.75) is 52.8 Å². The third kappa shape index (κ3) is 4.44. The molecule has 0 radical (unpaired) electrons. The summed E-state index contributed by atoms with van der Waals surface area (Å²) in [5.41, 5.74) is -0.141. The van der Waals surface area contributed by atoms with Gasteiger partial charge in [0.15, 0.2) is 0 Å². The molecule has 1 rings (SSSR count). The van der Waals surface area contributed by atoms with Gasteiger partial charge in [0.2, 0.25) is 0 Å². The minimum Gasteiger partial charge on any atom is -0.375 e. The molecule has 5 nitrogen and oxygen atoms in total. The Bertz CT molecular complexity index is 333. The summed E-state index contributed by atoms with van der Waals surface area (Å²) < 4.78 is 7.55. The predicted molar refractivity (Wildman–Crippen MR) is 67.8 cm³/mol. The molecule has 0 aromatic carbocycles. The van der Waals surface area contributed by atoms with E-state index in [1.54, 1.807) is 6.33 Å². The molecule has 0 aliphatic carbocycles. The van der Waals surface area contributed by atoms with Crippen molar-refractivity contribution in [3.8, 4) is 0 Å². The highest BCUT2D eigenvalue weighted by atomic mass is 16.5. The van der Waals surface area contributed by atoms with Gasteiger partial charge in [-0.15, -0.1) is 0 Å². The number of hydrogen-bond donors (Lipinski definition) is 1. The van der Waals surface area contributed by atoms with Crippen molar-refractivity contribution in [3.63, 3.8) is 0 Å². The normalized spacial score (nSPS) is 12.4.